The fraction of sp³-hybridized carbons (Fsp3) is 0.423. The molecule has 0 atom stereocenters. The number of nitrogens with one attached hydrogen (secondary N) is 2. The highest BCUT2D eigenvalue weighted by atomic mass is 19.1. The van der Waals surface area contributed by atoms with E-state index in [1.165, 1.54) is 29.9 Å². The van der Waals surface area contributed by atoms with Crippen molar-refractivity contribution < 1.29 is 23.5 Å². The van der Waals surface area contributed by atoms with Gasteiger partial charge in [-0.2, -0.15) is 0 Å². The molecule has 3 rings (SSSR count). The summed E-state index contributed by atoms with van der Waals surface area (Å²) in [7, 11) is 1.56. The predicted octanol–water partition coefficient (Wildman–Crippen LogP) is 3.89. The van der Waals surface area contributed by atoms with Crippen LogP contribution in [-0.4, -0.2) is 42.8 Å². The standard InChI is InChI=1S/C26H32FN3O4/c1-34-23-13-11-22(12-14-23)29-24(31)16-28-25(32)18-30(17-20-6-9-21(27)10-7-20)26(33)15-8-19-4-2-3-5-19/h6-7,9-14,19H,2-5,8,15-18H2,1H3,(H,28,32)(H,29,31). The average molecular weight is 470 g/mol. The Morgan fingerprint density at radius 3 is 2.32 bits per heavy atom. The highest BCUT2D eigenvalue weighted by Gasteiger charge is 2.21. The second kappa shape index (κ2) is 12.7. The number of methoxy groups -OCH3 is 1. The van der Waals surface area contributed by atoms with Gasteiger partial charge in [0, 0.05) is 18.7 Å². The molecule has 1 saturated carbocycles. The Kier molecular flexibility index (Phi) is 9.43. The summed E-state index contributed by atoms with van der Waals surface area (Å²) in [6.45, 7) is -0.183. The molecule has 0 spiro atoms. The number of anilines is 1. The smallest absolute Gasteiger partial charge is 0.243 e. The molecule has 1 aliphatic carbocycles. The maximum absolute atomic E-state index is 13.3. The number of carbonyl (C=O) groups excluding carboxylic acids is 3. The van der Waals surface area contributed by atoms with Crippen molar-refractivity contribution in [3.63, 3.8) is 0 Å². The van der Waals surface area contributed by atoms with Crippen LogP contribution in [0.2, 0.25) is 0 Å². The molecule has 0 bridgehead atoms. The molecule has 0 aliphatic heterocycles. The van der Waals surface area contributed by atoms with Crippen molar-refractivity contribution in [3.05, 3.63) is 59.9 Å². The first-order valence-electron chi connectivity index (χ1n) is 11.7. The van der Waals surface area contributed by atoms with Gasteiger partial charge in [-0.1, -0.05) is 37.8 Å². The van der Waals surface area contributed by atoms with E-state index in [0.29, 0.717) is 23.8 Å². The number of amides is 3. The van der Waals surface area contributed by atoms with Crippen LogP contribution in [0.4, 0.5) is 10.1 Å². The lowest BCUT2D eigenvalue weighted by Gasteiger charge is -2.23. The Morgan fingerprint density at radius 1 is 1.00 bits per heavy atom. The molecule has 1 fully saturated rings. The zero-order valence-corrected chi connectivity index (χ0v) is 19.5. The molecule has 0 aromatic heterocycles. The maximum Gasteiger partial charge on any atom is 0.243 e. The van der Waals surface area contributed by atoms with Crippen molar-refractivity contribution in [1.29, 1.82) is 0 Å². The van der Waals surface area contributed by atoms with Crippen LogP contribution in [0.25, 0.3) is 0 Å². The highest BCUT2D eigenvalue weighted by Crippen LogP contribution is 2.28. The van der Waals surface area contributed by atoms with Crippen LogP contribution in [0.1, 0.15) is 44.1 Å². The third kappa shape index (κ3) is 8.17. The lowest BCUT2D eigenvalue weighted by atomic mass is 10.0. The van der Waals surface area contributed by atoms with Crippen LogP contribution in [0, 0.1) is 11.7 Å². The minimum Gasteiger partial charge on any atom is -0.497 e. The van der Waals surface area contributed by atoms with Gasteiger partial charge in [-0.25, -0.2) is 4.39 Å². The van der Waals surface area contributed by atoms with Crippen LogP contribution in [0.5, 0.6) is 5.75 Å². The van der Waals surface area contributed by atoms with Gasteiger partial charge in [-0.05, 0) is 54.3 Å². The molecule has 0 saturated heterocycles. The minimum absolute atomic E-state index is 0.117. The fourth-order valence-electron chi connectivity index (χ4n) is 4.11. The monoisotopic (exact) mass is 469 g/mol. The van der Waals surface area contributed by atoms with Crippen LogP contribution >= 0.6 is 0 Å². The molecule has 7 nitrogen and oxygen atoms in total. The number of rotatable bonds is 11. The third-order valence-corrected chi connectivity index (χ3v) is 6.03. The van der Waals surface area contributed by atoms with Crippen molar-refractivity contribution >= 4 is 23.4 Å². The van der Waals surface area contributed by atoms with E-state index in [-0.39, 0.29) is 37.3 Å². The van der Waals surface area contributed by atoms with Gasteiger partial charge in [0.2, 0.25) is 17.7 Å². The topological polar surface area (TPSA) is 87.7 Å². The van der Waals surface area contributed by atoms with Gasteiger partial charge in [0.15, 0.2) is 0 Å². The van der Waals surface area contributed by atoms with Gasteiger partial charge in [-0.15, -0.1) is 0 Å². The zero-order chi connectivity index (χ0) is 24.3. The van der Waals surface area contributed by atoms with Crippen molar-refractivity contribution in [3.8, 4) is 5.75 Å². The Hall–Kier alpha value is -3.42. The molecule has 0 radical (unpaired) electrons. The van der Waals surface area contributed by atoms with E-state index in [2.05, 4.69) is 10.6 Å². The second-order valence-corrected chi connectivity index (χ2v) is 8.62. The highest BCUT2D eigenvalue weighted by molar-refractivity contribution is 5.95. The summed E-state index contributed by atoms with van der Waals surface area (Å²) in [4.78, 5) is 39.1. The molecule has 0 unspecified atom stereocenters. The third-order valence-electron chi connectivity index (χ3n) is 6.03. The quantitative estimate of drug-likeness (QED) is 0.523. The summed E-state index contributed by atoms with van der Waals surface area (Å²) in [5.74, 6) is -0.0489. The number of carbonyl (C=O) groups is 3. The summed E-state index contributed by atoms with van der Waals surface area (Å²) >= 11 is 0. The van der Waals surface area contributed by atoms with E-state index in [0.717, 1.165) is 24.8 Å². The van der Waals surface area contributed by atoms with Gasteiger partial charge >= 0.3 is 0 Å². The Labute approximate surface area is 199 Å². The molecule has 182 valence electrons. The molecular weight excluding hydrogens is 437 g/mol. The first-order valence-corrected chi connectivity index (χ1v) is 11.7. The zero-order valence-electron chi connectivity index (χ0n) is 19.5. The second-order valence-electron chi connectivity index (χ2n) is 8.62. The molecule has 0 heterocycles. The van der Waals surface area contributed by atoms with E-state index >= 15 is 0 Å². The SMILES string of the molecule is COc1ccc(NC(=O)CNC(=O)CN(Cc2ccc(F)cc2)C(=O)CCC2CCCC2)cc1. The van der Waals surface area contributed by atoms with Gasteiger partial charge < -0.3 is 20.3 Å². The van der Waals surface area contributed by atoms with Crippen molar-refractivity contribution in [2.24, 2.45) is 5.92 Å². The molecule has 2 aromatic carbocycles. The largest absolute Gasteiger partial charge is 0.497 e. The number of halogens is 1. The van der Waals surface area contributed by atoms with Crippen molar-refractivity contribution in [1.82, 2.24) is 10.2 Å². The lowest BCUT2D eigenvalue weighted by molar-refractivity contribution is -0.137. The van der Waals surface area contributed by atoms with Crippen molar-refractivity contribution in [2.45, 2.75) is 45.1 Å². The van der Waals surface area contributed by atoms with E-state index in [1.807, 2.05) is 0 Å². The number of hydrogen-bond donors (Lipinski definition) is 2. The average Bonchev–Trinajstić information content (AvgIpc) is 3.36. The maximum atomic E-state index is 13.3. The van der Waals surface area contributed by atoms with E-state index in [9.17, 15) is 18.8 Å². The van der Waals surface area contributed by atoms with Crippen LogP contribution in [0.15, 0.2) is 48.5 Å². The number of ether oxygens (including phenoxy) is 1. The van der Waals surface area contributed by atoms with Crippen LogP contribution in [-0.2, 0) is 20.9 Å². The summed E-state index contributed by atoms with van der Waals surface area (Å²) in [5, 5.41) is 5.27. The molecule has 2 aromatic rings. The number of hydrogen-bond acceptors (Lipinski definition) is 4. The summed E-state index contributed by atoms with van der Waals surface area (Å²) in [6, 6.07) is 12.7. The predicted molar refractivity (Wildman–Crippen MR) is 128 cm³/mol. The summed E-state index contributed by atoms with van der Waals surface area (Å²) in [5.41, 5.74) is 1.32. The summed E-state index contributed by atoms with van der Waals surface area (Å²) < 4.78 is 18.4. The molecule has 3 amide bonds. The normalized spacial score (nSPS) is 13.4. The van der Waals surface area contributed by atoms with E-state index in [4.69, 9.17) is 4.74 Å². The first-order chi connectivity index (χ1) is 16.4. The van der Waals surface area contributed by atoms with E-state index in [1.54, 1.807) is 43.5 Å². The molecule has 8 heteroatoms. The van der Waals surface area contributed by atoms with E-state index < -0.39 is 5.91 Å². The first kappa shape index (κ1) is 25.2. The number of nitrogens with zero attached hydrogens (tertiary/aromatic N) is 1. The number of benzene rings is 2. The molecule has 34 heavy (non-hydrogen) atoms. The van der Waals surface area contributed by atoms with Crippen molar-refractivity contribution in [2.75, 3.05) is 25.5 Å². The molecule has 1 aliphatic rings. The van der Waals surface area contributed by atoms with Gasteiger partial charge in [0.05, 0.1) is 20.2 Å². The Bertz CT molecular complexity index is 957. The summed E-state index contributed by atoms with van der Waals surface area (Å²) in [6.07, 6.45) is 5.89. The van der Waals surface area contributed by atoms with Crippen LogP contribution < -0.4 is 15.4 Å². The Morgan fingerprint density at radius 2 is 1.68 bits per heavy atom. The Balaban J connectivity index is 1.52. The molecule has 2 N–H and O–H groups in total. The van der Waals surface area contributed by atoms with Crippen LogP contribution in [0.3, 0.4) is 0 Å². The minimum atomic E-state index is -0.429. The fourth-order valence-corrected chi connectivity index (χ4v) is 4.11. The van der Waals surface area contributed by atoms with Gasteiger partial charge in [0.1, 0.15) is 11.6 Å². The van der Waals surface area contributed by atoms with Gasteiger partial charge in [-0.3, -0.25) is 14.4 Å². The van der Waals surface area contributed by atoms with Gasteiger partial charge in [0.25, 0.3) is 0 Å². The lowest BCUT2D eigenvalue weighted by Crippen LogP contribution is -2.42. The molecular formula is C26H32FN3O4.